The maximum absolute atomic E-state index is 12.5. The molecule has 10 heteroatoms. The molecule has 2 aliphatic rings. The number of morpholine rings is 1. The molecule has 0 bridgehead atoms. The fourth-order valence-corrected chi connectivity index (χ4v) is 4.31. The van der Waals surface area contributed by atoms with E-state index in [-0.39, 0.29) is 11.3 Å². The Balaban J connectivity index is 1.61. The van der Waals surface area contributed by atoms with Gasteiger partial charge in [0, 0.05) is 13.1 Å². The monoisotopic (exact) mass is 391 g/mol. The van der Waals surface area contributed by atoms with Crippen molar-refractivity contribution < 1.29 is 19.0 Å². The highest BCUT2D eigenvalue weighted by Gasteiger charge is 2.37. The van der Waals surface area contributed by atoms with Gasteiger partial charge in [0.15, 0.2) is 11.5 Å². The molecule has 2 saturated heterocycles. The van der Waals surface area contributed by atoms with Gasteiger partial charge in [-0.05, 0) is 17.7 Å². The lowest BCUT2D eigenvalue weighted by Crippen LogP contribution is -2.37. The molecule has 1 aromatic heterocycles. The Morgan fingerprint density at radius 1 is 1.22 bits per heavy atom. The molecule has 1 aromatic carbocycles. The topological polar surface area (TPSA) is 92.8 Å². The number of nitrogens with zero attached hydrogens (tertiary/aromatic N) is 4. The molecule has 144 valence electrons. The molecule has 9 nitrogen and oxygen atoms in total. The number of rotatable bonds is 5. The number of hydrogen-bond donors (Lipinski definition) is 1. The van der Waals surface area contributed by atoms with E-state index in [1.54, 1.807) is 30.9 Å². The largest absolute Gasteiger partial charge is 0.493 e. The molecular formula is C17H21N5O4S. The van der Waals surface area contributed by atoms with Crippen LogP contribution < -0.4 is 19.3 Å². The van der Waals surface area contributed by atoms with Crippen LogP contribution in [0.25, 0.3) is 0 Å². The third-order valence-corrected chi connectivity index (χ3v) is 5.76. The smallest absolute Gasteiger partial charge is 0.246 e. The van der Waals surface area contributed by atoms with E-state index in [4.69, 9.17) is 14.2 Å². The summed E-state index contributed by atoms with van der Waals surface area (Å²) in [5.41, 5.74) is 0.938. The van der Waals surface area contributed by atoms with Crippen LogP contribution in [-0.2, 0) is 9.53 Å². The lowest BCUT2D eigenvalue weighted by Gasteiger charge is -2.25. The number of thioether (sulfide) groups is 1. The SMILES string of the molecule is COc1ccc([C@H]2SCC(=O)N2c2nc(N3CCOCC3)n[nH]2)cc1OC. The first-order valence-electron chi connectivity index (χ1n) is 8.62. The average molecular weight is 391 g/mol. The molecule has 0 aliphatic carbocycles. The van der Waals surface area contributed by atoms with E-state index < -0.39 is 0 Å². The van der Waals surface area contributed by atoms with Crippen molar-refractivity contribution in [3.8, 4) is 11.5 Å². The number of methoxy groups -OCH3 is 2. The third-order valence-electron chi connectivity index (χ3n) is 4.54. The highest BCUT2D eigenvalue weighted by atomic mass is 32.2. The predicted molar refractivity (Wildman–Crippen MR) is 102 cm³/mol. The molecule has 0 saturated carbocycles. The molecule has 0 unspecified atom stereocenters. The summed E-state index contributed by atoms with van der Waals surface area (Å²) in [5.74, 6) is 2.68. The number of aromatic nitrogens is 3. The van der Waals surface area contributed by atoms with Crippen molar-refractivity contribution in [3.05, 3.63) is 23.8 Å². The van der Waals surface area contributed by atoms with Crippen molar-refractivity contribution in [1.82, 2.24) is 15.2 Å². The van der Waals surface area contributed by atoms with Gasteiger partial charge >= 0.3 is 0 Å². The minimum Gasteiger partial charge on any atom is -0.493 e. The first-order chi connectivity index (χ1) is 13.2. The predicted octanol–water partition coefficient (Wildman–Crippen LogP) is 1.44. The van der Waals surface area contributed by atoms with Crippen molar-refractivity contribution >= 4 is 29.6 Å². The number of hydrogen-bond acceptors (Lipinski definition) is 8. The summed E-state index contributed by atoms with van der Waals surface area (Å²) in [5, 5.41) is 7.01. The van der Waals surface area contributed by atoms with E-state index in [0.717, 1.165) is 18.7 Å². The summed E-state index contributed by atoms with van der Waals surface area (Å²) < 4.78 is 16.1. The summed E-state index contributed by atoms with van der Waals surface area (Å²) >= 11 is 1.54. The molecule has 1 N–H and O–H groups in total. The quantitative estimate of drug-likeness (QED) is 0.818. The number of nitrogens with one attached hydrogen (secondary N) is 1. The van der Waals surface area contributed by atoms with E-state index >= 15 is 0 Å². The van der Waals surface area contributed by atoms with E-state index in [9.17, 15) is 4.79 Å². The van der Waals surface area contributed by atoms with Crippen LogP contribution in [0.15, 0.2) is 18.2 Å². The van der Waals surface area contributed by atoms with Gasteiger partial charge in [0.1, 0.15) is 5.37 Å². The number of anilines is 2. The van der Waals surface area contributed by atoms with Crippen LogP contribution in [0.1, 0.15) is 10.9 Å². The number of amides is 1. The lowest BCUT2D eigenvalue weighted by molar-refractivity contribution is -0.115. The first kappa shape index (κ1) is 17.9. The highest BCUT2D eigenvalue weighted by molar-refractivity contribution is 8.00. The van der Waals surface area contributed by atoms with E-state index in [1.807, 2.05) is 23.1 Å². The summed E-state index contributed by atoms with van der Waals surface area (Å²) in [7, 11) is 3.19. The zero-order chi connectivity index (χ0) is 18.8. The standard InChI is InChI=1S/C17H21N5O4S/c1-24-12-4-3-11(9-13(12)25-2)15-22(14(23)10-27-15)17-18-16(19-20-17)21-5-7-26-8-6-21/h3-4,9,15H,5-8,10H2,1-2H3,(H,18,19,20)/t15-/m1/s1. The molecule has 0 spiro atoms. The van der Waals surface area contributed by atoms with Gasteiger partial charge in [0.2, 0.25) is 17.8 Å². The van der Waals surface area contributed by atoms with Gasteiger partial charge in [-0.25, -0.2) is 5.10 Å². The van der Waals surface area contributed by atoms with Crippen LogP contribution in [-0.4, -0.2) is 67.4 Å². The summed E-state index contributed by atoms with van der Waals surface area (Å²) in [4.78, 5) is 20.8. The summed E-state index contributed by atoms with van der Waals surface area (Å²) in [6.07, 6.45) is 0. The van der Waals surface area contributed by atoms with Crippen LogP contribution in [0.3, 0.4) is 0 Å². The van der Waals surface area contributed by atoms with Gasteiger partial charge in [0.05, 0.1) is 33.2 Å². The van der Waals surface area contributed by atoms with Gasteiger partial charge in [-0.15, -0.1) is 16.9 Å². The molecule has 27 heavy (non-hydrogen) atoms. The van der Waals surface area contributed by atoms with Crippen molar-refractivity contribution in [2.24, 2.45) is 0 Å². The number of ether oxygens (including phenoxy) is 3. The van der Waals surface area contributed by atoms with Crippen LogP contribution in [0.2, 0.25) is 0 Å². The van der Waals surface area contributed by atoms with E-state index in [0.29, 0.717) is 42.4 Å². The van der Waals surface area contributed by atoms with Crippen LogP contribution in [0.5, 0.6) is 11.5 Å². The normalized spacial score (nSPS) is 20.2. The highest BCUT2D eigenvalue weighted by Crippen LogP contribution is 2.43. The maximum atomic E-state index is 12.5. The maximum Gasteiger partial charge on any atom is 0.246 e. The number of H-pyrrole nitrogens is 1. The molecule has 2 aliphatic heterocycles. The second-order valence-corrected chi connectivity index (χ2v) is 7.17. The molecule has 2 aromatic rings. The number of carbonyl (C=O) groups excluding carboxylic acids is 1. The molecule has 1 atom stereocenters. The van der Waals surface area contributed by atoms with Crippen LogP contribution in [0.4, 0.5) is 11.9 Å². The fourth-order valence-electron chi connectivity index (χ4n) is 3.16. The van der Waals surface area contributed by atoms with Crippen molar-refractivity contribution in [3.63, 3.8) is 0 Å². The fraction of sp³-hybridized carbons (Fsp3) is 0.471. The van der Waals surface area contributed by atoms with Crippen molar-refractivity contribution in [2.75, 3.05) is 56.1 Å². The zero-order valence-corrected chi connectivity index (χ0v) is 16.0. The second kappa shape index (κ2) is 7.65. The Hall–Kier alpha value is -2.46. The number of aromatic amines is 1. The second-order valence-electron chi connectivity index (χ2n) is 6.10. The minimum absolute atomic E-state index is 0.00976. The Morgan fingerprint density at radius 3 is 2.74 bits per heavy atom. The molecule has 1 amide bonds. The van der Waals surface area contributed by atoms with Crippen LogP contribution in [0, 0.1) is 0 Å². The number of benzene rings is 1. The van der Waals surface area contributed by atoms with Gasteiger partial charge in [-0.2, -0.15) is 4.98 Å². The molecular weight excluding hydrogens is 370 g/mol. The van der Waals surface area contributed by atoms with Gasteiger partial charge in [0.25, 0.3) is 0 Å². The molecule has 4 rings (SSSR count). The Labute approximate surface area is 161 Å². The van der Waals surface area contributed by atoms with E-state index in [1.165, 1.54) is 0 Å². The molecule has 2 fully saturated rings. The van der Waals surface area contributed by atoms with Crippen LogP contribution >= 0.6 is 11.8 Å². The Bertz CT molecular complexity index is 823. The Kier molecular flexibility index (Phi) is 5.08. The minimum atomic E-state index is -0.206. The molecule has 3 heterocycles. The Morgan fingerprint density at radius 2 is 2.00 bits per heavy atom. The van der Waals surface area contributed by atoms with Crippen molar-refractivity contribution in [2.45, 2.75) is 5.37 Å². The third kappa shape index (κ3) is 3.42. The van der Waals surface area contributed by atoms with Gasteiger partial charge in [-0.1, -0.05) is 6.07 Å². The average Bonchev–Trinajstić information content (AvgIpc) is 3.34. The summed E-state index contributed by atoms with van der Waals surface area (Å²) in [6, 6.07) is 5.67. The van der Waals surface area contributed by atoms with Gasteiger partial charge in [-0.3, -0.25) is 9.69 Å². The van der Waals surface area contributed by atoms with E-state index in [2.05, 4.69) is 15.2 Å². The lowest BCUT2D eigenvalue weighted by atomic mass is 10.2. The zero-order valence-electron chi connectivity index (χ0n) is 15.2. The van der Waals surface area contributed by atoms with Crippen molar-refractivity contribution in [1.29, 1.82) is 0 Å². The number of carbonyl (C=O) groups is 1. The molecule has 0 radical (unpaired) electrons. The van der Waals surface area contributed by atoms with Gasteiger partial charge < -0.3 is 19.1 Å². The summed E-state index contributed by atoms with van der Waals surface area (Å²) in [6.45, 7) is 2.77. The first-order valence-corrected chi connectivity index (χ1v) is 9.67.